The normalized spacial score (nSPS) is 10.9. The van der Waals surface area contributed by atoms with Crippen molar-refractivity contribution in [2.75, 3.05) is 73.0 Å². The van der Waals surface area contributed by atoms with E-state index in [2.05, 4.69) is 10.1 Å². The Hall–Kier alpha value is -0.940. The summed E-state index contributed by atoms with van der Waals surface area (Å²) in [5, 5.41) is 3.00. The van der Waals surface area contributed by atoms with Gasteiger partial charge in [0.2, 0.25) is 0 Å². The molecule has 5 N–H and O–H groups in total. The summed E-state index contributed by atoms with van der Waals surface area (Å²) in [5.74, 6) is -0.209. The fourth-order valence-corrected chi connectivity index (χ4v) is 1.19. The van der Waals surface area contributed by atoms with Crippen LogP contribution in [0.15, 0.2) is 0 Å². The van der Waals surface area contributed by atoms with E-state index < -0.39 is 5.54 Å². The molecule has 0 bridgehead atoms. The molecule has 0 heterocycles. The van der Waals surface area contributed by atoms with Crippen LogP contribution in [0.3, 0.4) is 0 Å². The van der Waals surface area contributed by atoms with Gasteiger partial charge in [-0.05, 0) is 20.9 Å². The molecule has 0 aliphatic carbocycles. The minimum atomic E-state index is -0.872. The summed E-state index contributed by atoms with van der Waals surface area (Å²) in [5.41, 5.74) is 9.82. The van der Waals surface area contributed by atoms with Crippen LogP contribution in [0, 0.1) is 0 Å². The largest absolute Gasteiger partial charge is 0.378 e. The zero-order valence-electron chi connectivity index (χ0n) is 15.8. The van der Waals surface area contributed by atoms with Gasteiger partial charge in [0.25, 0.3) is 0 Å². The van der Waals surface area contributed by atoms with Crippen LogP contribution in [0.4, 0.5) is 0 Å². The number of carbonyl (C=O) groups excluding carboxylic acids is 2. The van der Waals surface area contributed by atoms with Crippen LogP contribution >= 0.6 is 0 Å². The number of likely N-dealkylation sites (N-methyl/N-ethyl adjacent to an activating group) is 1. The zero-order valence-corrected chi connectivity index (χ0v) is 15.8. The summed E-state index contributed by atoms with van der Waals surface area (Å²) in [6.45, 7) is 8.28. The lowest BCUT2D eigenvalue weighted by atomic mass is 10.0. The molecule has 0 spiro atoms. The van der Waals surface area contributed by atoms with Gasteiger partial charge >= 0.3 is 0 Å². The van der Waals surface area contributed by atoms with E-state index in [0.717, 1.165) is 13.2 Å². The number of Topliss-reactive ketones (excluding diaryl/α,β-unsaturated/α-hetero) is 1. The molecule has 9 heteroatoms. The summed E-state index contributed by atoms with van der Waals surface area (Å²) in [4.78, 5) is 20.7. The number of hydrogen-bond donors (Lipinski definition) is 3. The molecule has 0 aliphatic rings. The number of rotatable bonds is 16. The molecule has 0 rings (SSSR count). The van der Waals surface area contributed by atoms with Gasteiger partial charge in [0.1, 0.15) is 19.5 Å². The van der Waals surface area contributed by atoms with Gasteiger partial charge in [0.05, 0.1) is 45.2 Å². The van der Waals surface area contributed by atoms with Crippen molar-refractivity contribution in [3.8, 4) is 0 Å². The molecule has 0 saturated heterocycles. The van der Waals surface area contributed by atoms with E-state index >= 15 is 0 Å². The average Bonchev–Trinajstić information content (AvgIpc) is 2.56. The summed E-state index contributed by atoms with van der Waals surface area (Å²) in [6.07, 6.45) is 0.594. The second-order valence-electron chi connectivity index (χ2n) is 5.56. The van der Waals surface area contributed by atoms with Gasteiger partial charge in [-0.2, -0.15) is 0 Å². The first kappa shape index (κ1) is 26.3. The fraction of sp³-hybridized carbons (Fsp3) is 0.875. The quantitative estimate of drug-likeness (QED) is 0.226. The van der Waals surface area contributed by atoms with Crippen molar-refractivity contribution < 1.29 is 28.5 Å². The highest BCUT2D eigenvalue weighted by Crippen LogP contribution is 1.98. The Bertz CT molecular complexity index is 299. The lowest BCUT2D eigenvalue weighted by Crippen LogP contribution is -2.43. The highest BCUT2D eigenvalue weighted by atomic mass is 16.5. The highest BCUT2D eigenvalue weighted by Gasteiger charge is 2.21. The molecule has 0 amide bonds. The molecular formula is C16H35N3O6. The lowest BCUT2D eigenvalue weighted by molar-refractivity contribution is -0.128. The maximum atomic E-state index is 11.0. The third-order valence-electron chi connectivity index (χ3n) is 2.64. The minimum absolute atomic E-state index is 0.0537. The third kappa shape index (κ3) is 23.1. The van der Waals surface area contributed by atoms with Gasteiger partial charge in [0, 0.05) is 13.1 Å². The van der Waals surface area contributed by atoms with Gasteiger partial charge in [-0.15, -0.1) is 0 Å². The molecule has 0 aliphatic heterocycles. The Morgan fingerprint density at radius 2 is 1.52 bits per heavy atom. The molecule has 0 fully saturated rings. The Kier molecular flexibility index (Phi) is 20.4. The van der Waals surface area contributed by atoms with Crippen LogP contribution in [0.2, 0.25) is 0 Å². The maximum absolute atomic E-state index is 11.0. The molecule has 150 valence electrons. The van der Waals surface area contributed by atoms with Crippen LogP contribution in [-0.2, 0) is 28.5 Å². The standard InChI is InChI=1S/C9H22N2O3.C7H13NO3/c1-11-3-5-13-7-9-14-8-6-12-4-2-10;1-7(2,8)6(10)5-11-4-3-9/h11H,2-10H2,1H3;3H,4-5,8H2,1-2H3. The van der Waals surface area contributed by atoms with Crippen molar-refractivity contribution in [3.63, 3.8) is 0 Å². The van der Waals surface area contributed by atoms with E-state index in [1.165, 1.54) is 0 Å². The number of ketones is 1. The Morgan fingerprint density at radius 3 is 1.96 bits per heavy atom. The summed E-state index contributed by atoms with van der Waals surface area (Å²) in [7, 11) is 1.90. The maximum Gasteiger partial charge on any atom is 0.177 e. The molecule has 0 saturated carbocycles. The first-order valence-electron chi connectivity index (χ1n) is 8.31. The number of hydrogen-bond acceptors (Lipinski definition) is 9. The molecule has 0 aromatic heterocycles. The topological polar surface area (TPSA) is 135 Å². The smallest absolute Gasteiger partial charge is 0.177 e. The Morgan fingerprint density at radius 1 is 1.00 bits per heavy atom. The van der Waals surface area contributed by atoms with E-state index in [0.29, 0.717) is 45.9 Å². The number of carbonyl (C=O) groups is 2. The van der Waals surface area contributed by atoms with Crippen LogP contribution in [0.1, 0.15) is 13.8 Å². The van der Waals surface area contributed by atoms with Gasteiger partial charge in [-0.25, -0.2) is 0 Å². The second kappa shape index (κ2) is 19.4. The van der Waals surface area contributed by atoms with E-state index in [4.69, 9.17) is 25.7 Å². The molecular weight excluding hydrogens is 330 g/mol. The van der Waals surface area contributed by atoms with Crippen LogP contribution in [0.5, 0.6) is 0 Å². The van der Waals surface area contributed by atoms with Gasteiger partial charge in [-0.1, -0.05) is 0 Å². The molecule has 9 nitrogen and oxygen atoms in total. The molecule has 0 radical (unpaired) electrons. The average molecular weight is 365 g/mol. The number of nitrogens with one attached hydrogen (secondary N) is 1. The highest BCUT2D eigenvalue weighted by molar-refractivity contribution is 5.88. The SMILES string of the molecule is CC(C)(N)C(=O)COCC=O.CNCCOCCOCCOCCN. The summed E-state index contributed by atoms with van der Waals surface area (Å²) >= 11 is 0. The third-order valence-corrected chi connectivity index (χ3v) is 2.64. The first-order chi connectivity index (χ1) is 11.9. The van der Waals surface area contributed by atoms with Crippen LogP contribution < -0.4 is 16.8 Å². The van der Waals surface area contributed by atoms with E-state index in [1.807, 2.05) is 7.05 Å². The van der Waals surface area contributed by atoms with E-state index in [1.54, 1.807) is 13.8 Å². The predicted octanol–water partition coefficient (Wildman–Crippen LogP) is -1.28. The number of ether oxygens (including phenoxy) is 4. The fourth-order valence-electron chi connectivity index (χ4n) is 1.19. The minimum Gasteiger partial charge on any atom is -0.378 e. The van der Waals surface area contributed by atoms with Crippen LogP contribution in [0.25, 0.3) is 0 Å². The van der Waals surface area contributed by atoms with Crippen LogP contribution in [-0.4, -0.2) is 90.6 Å². The van der Waals surface area contributed by atoms with Crippen molar-refractivity contribution in [1.29, 1.82) is 0 Å². The lowest BCUT2D eigenvalue weighted by Gasteiger charge is -2.15. The monoisotopic (exact) mass is 365 g/mol. The first-order valence-corrected chi connectivity index (χ1v) is 8.31. The number of nitrogens with two attached hydrogens (primary N) is 2. The summed E-state index contributed by atoms with van der Waals surface area (Å²) in [6, 6.07) is 0. The Balaban J connectivity index is 0. The molecule has 0 aromatic carbocycles. The van der Waals surface area contributed by atoms with Gasteiger partial charge < -0.3 is 40.5 Å². The predicted molar refractivity (Wildman–Crippen MR) is 95.6 cm³/mol. The van der Waals surface area contributed by atoms with Crippen molar-refractivity contribution in [2.45, 2.75) is 19.4 Å². The van der Waals surface area contributed by atoms with Crippen molar-refractivity contribution in [2.24, 2.45) is 11.5 Å². The van der Waals surface area contributed by atoms with Gasteiger partial charge in [0.15, 0.2) is 5.78 Å². The molecule has 0 unspecified atom stereocenters. The molecule has 0 atom stereocenters. The Labute approximate surface area is 150 Å². The van der Waals surface area contributed by atoms with Crippen molar-refractivity contribution >= 4 is 12.1 Å². The second-order valence-corrected chi connectivity index (χ2v) is 5.56. The van der Waals surface area contributed by atoms with Crippen molar-refractivity contribution in [1.82, 2.24) is 5.32 Å². The number of aldehydes is 1. The van der Waals surface area contributed by atoms with Gasteiger partial charge in [-0.3, -0.25) is 4.79 Å². The van der Waals surface area contributed by atoms with Crippen molar-refractivity contribution in [3.05, 3.63) is 0 Å². The zero-order chi connectivity index (χ0) is 19.4. The summed E-state index contributed by atoms with van der Waals surface area (Å²) < 4.78 is 20.3. The molecule has 25 heavy (non-hydrogen) atoms. The molecule has 0 aromatic rings. The van der Waals surface area contributed by atoms with E-state index in [9.17, 15) is 9.59 Å². The van der Waals surface area contributed by atoms with E-state index in [-0.39, 0.29) is 19.0 Å².